The van der Waals surface area contributed by atoms with Crippen LogP contribution in [0.15, 0.2) is 85.1 Å². The largest absolute Gasteiger partial charge is 0.545 e. The lowest BCUT2D eigenvalue weighted by Gasteiger charge is -2.26. The van der Waals surface area contributed by atoms with Crippen LogP contribution in [-0.2, 0) is 33.3 Å². The van der Waals surface area contributed by atoms with Gasteiger partial charge in [-0.3, -0.25) is 9.59 Å². The van der Waals surface area contributed by atoms with E-state index in [1.165, 1.54) is 51.4 Å². The highest BCUT2D eigenvalue weighted by Gasteiger charge is 2.21. The molecule has 0 fully saturated rings. The van der Waals surface area contributed by atoms with Gasteiger partial charge in [-0.1, -0.05) is 170 Å². The van der Waals surface area contributed by atoms with Gasteiger partial charge in [0, 0.05) is 12.8 Å². The zero-order chi connectivity index (χ0) is 47.0. The van der Waals surface area contributed by atoms with Gasteiger partial charge in [0.25, 0.3) is 0 Å². The highest BCUT2D eigenvalue weighted by molar-refractivity contribution is 5.70. The summed E-state index contributed by atoms with van der Waals surface area (Å²) < 4.78 is 22.6. The standard InChI is InChI=1S/C55H93NO8/c1-6-8-10-12-14-16-18-20-22-24-25-26-27-28-29-30-32-34-36-38-40-42-44-46-53(58)64-51(50-63-55(54(59)60)61-48-47-56(3,4)5)49-62-52(57)45-43-41-39-37-35-33-31-23-21-19-17-15-13-11-9-7-2/h8,10,14,16-17,19-20,22-23,25-26,28-29,31,51,55H,6-7,9,11-13,15,18,21,24,27,30,32-50H2,1-5H3/b10-8-,16-14-,19-17-,22-20-,26-25-,29-28-,31-23-. The Morgan fingerprint density at radius 2 is 0.891 bits per heavy atom. The number of carboxylic acid groups (broad SMARTS) is 1. The number of esters is 2. The lowest BCUT2D eigenvalue weighted by Crippen LogP contribution is -2.44. The van der Waals surface area contributed by atoms with Gasteiger partial charge < -0.3 is 33.3 Å². The van der Waals surface area contributed by atoms with Crippen LogP contribution in [0.25, 0.3) is 0 Å². The monoisotopic (exact) mass is 896 g/mol. The number of hydrogen-bond donors (Lipinski definition) is 0. The predicted molar refractivity (Wildman–Crippen MR) is 264 cm³/mol. The van der Waals surface area contributed by atoms with E-state index in [-0.39, 0.29) is 38.6 Å². The minimum atomic E-state index is -1.63. The summed E-state index contributed by atoms with van der Waals surface area (Å²) in [5.41, 5.74) is 0. The molecule has 0 amide bonds. The summed E-state index contributed by atoms with van der Waals surface area (Å²) in [5, 5.41) is 11.7. The second-order valence-corrected chi connectivity index (χ2v) is 17.7. The number of ether oxygens (including phenoxy) is 4. The average Bonchev–Trinajstić information content (AvgIpc) is 3.26. The molecule has 64 heavy (non-hydrogen) atoms. The summed E-state index contributed by atoms with van der Waals surface area (Å²) in [6.07, 6.45) is 56.1. The van der Waals surface area contributed by atoms with Crippen LogP contribution in [0.2, 0.25) is 0 Å². The van der Waals surface area contributed by atoms with Crippen molar-refractivity contribution in [3.05, 3.63) is 85.1 Å². The van der Waals surface area contributed by atoms with Crippen molar-refractivity contribution in [3.63, 3.8) is 0 Å². The summed E-state index contributed by atoms with van der Waals surface area (Å²) in [4.78, 5) is 37.1. The minimum Gasteiger partial charge on any atom is -0.545 e. The van der Waals surface area contributed by atoms with Crippen molar-refractivity contribution >= 4 is 17.9 Å². The average molecular weight is 896 g/mol. The number of nitrogens with zero attached hydrogens (tertiary/aromatic N) is 1. The molecule has 0 aromatic heterocycles. The van der Waals surface area contributed by atoms with E-state index in [4.69, 9.17) is 18.9 Å². The highest BCUT2D eigenvalue weighted by atomic mass is 16.7. The quantitative estimate of drug-likeness (QED) is 0.0195. The molecule has 0 aromatic carbocycles. The molecule has 0 rings (SSSR count). The van der Waals surface area contributed by atoms with Gasteiger partial charge in [-0.25, -0.2) is 0 Å². The van der Waals surface area contributed by atoms with Gasteiger partial charge in [0.2, 0.25) is 0 Å². The van der Waals surface area contributed by atoms with E-state index >= 15 is 0 Å². The maximum atomic E-state index is 12.8. The molecule has 0 saturated heterocycles. The Kier molecular flexibility index (Phi) is 43.5. The van der Waals surface area contributed by atoms with E-state index in [0.717, 1.165) is 103 Å². The van der Waals surface area contributed by atoms with Crippen LogP contribution in [0.4, 0.5) is 0 Å². The van der Waals surface area contributed by atoms with Crippen molar-refractivity contribution < 1.29 is 42.9 Å². The number of unbranched alkanes of at least 4 members (excludes halogenated alkanes) is 16. The molecular weight excluding hydrogens is 803 g/mol. The number of carbonyl (C=O) groups is 3. The van der Waals surface area contributed by atoms with Crippen molar-refractivity contribution in [3.8, 4) is 0 Å². The first-order valence-electron chi connectivity index (χ1n) is 25.2. The van der Waals surface area contributed by atoms with Crippen LogP contribution in [0.5, 0.6) is 0 Å². The molecule has 0 saturated carbocycles. The molecule has 2 atom stereocenters. The molecule has 0 aliphatic heterocycles. The van der Waals surface area contributed by atoms with Gasteiger partial charge in [-0.2, -0.15) is 0 Å². The highest BCUT2D eigenvalue weighted by Crippen LogP contribution is 2.13. The molecule has 0 radical (unpaired) electrons. The number of rotatable bonds is 45. The van der Waals surface area contributed by atoms with E-state index in [9.17, 15) is 19.5 Å². The third kappa shape index (κ3) is 46.5. The topological polar surface area (TPSA) is 111 Å². The van der Waals surface area contributed by atoms with Crippen LogP contribution >= 0.6 is 0 Å². The van der Waals surface area contributed by atoms with Crippen molar-refractivity contribution in [1.29, 1.82) is 0 Å². The fourth-order valence-electron chi connectivity index (χ4n) is 6.47. The van der Waals surface area contributed by atoms with E-state index < -0.39 is 24.3 Å². The van der Waals surface area contributed by atoms with E-state index in [1.54, 1.807) is 0 Å². The summed E-state index contributed by atoms with van der Waals surface area (Å²) in [5.74, 6) is -2.33. The van der Waals surface area contributed by atoms with Crippen molar-refractivity contribution in [2.45, 2.75) is 200 Å². The van der Waals surface area contributed by atoms with E-state index in [0.29, 0.717) is 17.4 Å². The van der Waals surface area contributed by atoms with Crippen LogP contribution in [-0.4, -0.2) is 82.3 Å². The molecule has 0 bridgehead atoms. The zero-order valence-corrected chi connectivity index (χ0v) is 41.4. The van der Waals surface area contributed by atoms with E-state index in [1.807, 2.05) is 21.1 Å². The molecule has 0 heterocycles. The first-order chi connectivity index (χ1) is 31.1. The molecule has 0 aliphatic rings. The summed E-state index contributed by atoms with van der Waals surface area (Å²) in [6, 6.07) is 0. The fraction of sp³-hybridized carbons (Fsp3) is 0.691. The number of aliphatic carboxylic acids is 1. The van der Waals surface area contributed by atoms with Crippen LogP contribution in [0.3, 0.4) is 0 Å². The third-order valence-electron chi connectivity index (χ3n) is 10.4. The molecule has 0 aliphatic carbocycles. The molecule has 366 valence electrons. The number of quaternary nitrogens is 1. The molecule has 9 nitrogen and oxygen atoms in total. The molecule has 0 N–H and O–H groups in total. The van der Waals surface area contributed by atoms with Crippen molar-refractivity contribution in [1.82, 2.24) is 0 Å². The minimum absolute atomic E-state index is 0.138. The second kappa shape index (κ2) is 46.0. The molecule has 0 spiro atoms. The van der Waals surface area contributed by atoms with Crippen LogP contribution in [0, 0.1) is 0 Å². The Balaban J connectivity index is 4.41. The Hall–Kier alpha value is -3.53. The molecule has 0 aromatic rings. The number of carboxylic acids is 1. The van der Waals surface area contributed by atoms with Crippen LogP contribution in [0.1, 0.15) is 187 Å². The van der Waals surface area contributed by atoms with Crippen molar-refractivity contribution in [2.75, 3.05) is 47.5 Å². The summed E-state index contributed by atoms with van der Waals surface area (Å²) in [6.45, 7) is 4.57. The first-order valence-corrected chi connectivity index (χ1v) is 25.2. The molecule has 9 heteroatoms. The Morgan fingerprint density at radius 3 is 1.33 bits per heavy atom. The fourth-order valence-corrected chi connectivity index (χ4v) is 6.47. The number of hydrogen-bond acceptors (Lipinski definition) is 8. The first kappa shape index (κ1) is 60.5. The van der Waals surface area contributed by atoms with Crippen molar-refractivity contribution in [2.24, 2.45) is 0 Å². The van der Waals surface area contributed by atoms with Gasteiger partial charge in [0.15, 0.2) is 12.4 Å². The Labute approximate surface area is 391 Å². The van der Waals surface area contributed by atoms with Gasteiger partial charge in [0.05, 0.1) is 40.3 Å². The normalized spacial score (nSPS) is 13.6. The lowest BCUT2D eigenvalue weighted by molar-refractivity contribution is -0.870. The molecular formula is C55H93NO8. The molecule has 2 unspecified atom stereocenters. The summed E-state index contributed by atoms with van der Waals surface area (Å²) in [7, 11) is 5.90. The van der Waals surface area contributed by atoms with Gasteiger partial charge in [-0.05, 0) is 89.9 Å². The Morgan fingerprint density at radius 1 is 0.484 bits per heavy atom. The van der Waals surface area contributed by atoms with Gasteiger partial charge >= 0.3 is 11.9 Å². The van der Waals surface area contributed by atoms with Gasteiger partial charge in [-0.15, -0.1) is 0 Å². The van der Waals surface area contributed by atoms with Crippen LogP contribution < -0.4 is 5.11 Å². The maximum Gasteiger partial charge on any atom is 0.306 e. The third-order valence-corrected chi connectivity index (χ3v) is 10.4. The number of carbonyl (C=O) groups excluding carboxylic acids is 3. The van der Waals surface area contributed by atoms with Gasteiger partial charge in [0.1, 0.15) is 13.2 Å². The summed E-state index contributed by atoms with van der Waals surface area (Å²) >= 11 is 0. The SMILES string of the molecule is CC/C=C\C/C=C\C/C=C\C/C=C\C/C=C\CCCCCCCCCC(=O)OC(COC(=O)CCCCCCC/C=C\C/C=C\CCCCCC)COC(OCC[N+](C)(C)C)C(=O)[O-]. The Bertz CT molecular complexity index is 1320. The van der Waals surface area contributed by atoms with E-state index in [2.05, 4.69) is 98.9 Å². The zero-order valence-electron chi connectivity index (χ0n) is 41.4. The number of allylic oxidation sites excluding steroid dienone is 14. The predicted octanol–water partition coefficient (Wildman–Crippen LogP) is 12.7. The second-order valence-electron chi connectivity index (χ2n) is 17.7. The lowest BCUT2D eigenvalue weighted by atomic mass is 10.1. The smallest absolute Gasteiger partial charge is 0.306 e. The number of likely N-dealkylation sites (N-methyl/N-ethyl adjacent to an activating group) is 1. The maximum absolute atomic E-state index is 12.8.